The van der Waals surface area contributed by atoms with Gasteiger partial charge in [0.1, 0.15) is 4.90 Å². The smallest absolute Gasteiger partial charge is 0.244 e. The normalized spacial score (nSPS) is 18.6. The van der Waals surface area contributed by atoms with E-state index in [1.54, 1.807) is 0 Å². The monoisotopic (exact) mass is 354 g/mol. The summed E-state index contributed by atoms with van der Waals surface area (Å²) in [5.41, 5.74) is 4.72. The van der Waals surface area contributed by atoms with E-state index >= 15 is 0 Å². The van der Waals surface area contributed by atoms with Crippen molar-refractivity contribution in [2.24, 2.45) is 0 Å². The first-order valence-electron chi connectivity index (χ1n) is 6.27. The number of ether oxygens (including phenoxy) is 1. The Balaban J connectivity index is 2.38. The van der Waals surface area contributed by atoms with Crippen LogP contribution in [0.5, 0.6) is 0 Å². The second kappa shape index (κ2) is 6.28. The van der Waals surface area contributed by atoms with Gasteiger partial charge in [0.2, 0.25) is 10.0 Å². The lowest BCUT2D eigenvalue weighted by Gasteiger charge is -2.36. The van der Waals surface area contributed by atoms with Gasteiger partial charge in [0.25, 0.3) is 0 Å². The van der Waals surface area contributed by atoms with Gasteiger partial charge in [0.15, 0.2) is 0 Å². The second-order valence-electron chi connectivity index (χ2n) is 4.96. The molecule has 0 saturated carbocycles. The molecule has 4 N–H and O–H groups in total. The minimum atomic E-state index is -3.99. The summed E-state index contributed by atoms with van der Waals surface area (Å²) in [6.45, 7) is 0.403. The van der Waals surface area contributed by atoms with Gasteiger partial charge >= 0.3 is 0 Å². The molecule has 0 aliphatic carbocycles. The average Bonchev–Trinajstić information content (AvgIpc) is 2.37. The summed E-state index contributed by atoms with van der Waals surface area (Å²) < 4.78 is 32.8. The standard InChI is InChI=1S/C12H16Cl2N2O4S/c13-8-5-9(14)11(10(15)6-8)21(18,19)16-12(7-17)1-3-20-4-2-12/h5-6,16-17H,1-4,7,15H2. The highest BCUT2D eigenvalue weighted by Gasteiger charge is 2.37. The fourth-order valence-corrected chi connectivity index (χ4v) is 4.69. The van der Waals surface area contributed by atoms with E-state index in [1.807, 2.05) is 0 Å². The first-order valence-corrected chi connectivity index (χ1v) is 8.51. The van der Waals surface area contributed by atoms with Crippen LogP contribution >= 0.6 is 23.2 Å². The van der Waals surface area contributed by atoms with Gasteiger partial charge in [-0.15, -0.1) is 0 Å². The minimum absolute atomic E-state index is 0.0415. The Morgan fingerprint density at radius 2 is 1.95 bits per heavy atom. The number of aliphatic hydroxyl groups is 1. The van der Waals surface area contributed by atoms with Gasteiger partial charge in [0.05, 0.1) is 22.9 Å². The number of nitrogen functional groups attached to an aromatic ring is 1. The third-order valence-corrected chi connectivity index (χ3v) is 5.73. The van der Waals surface area contributed by atoms with Crippen molar-refractivity contribution in [3.05, 3.63) is 22.2 Å². The molecule has 1 aliphatic rings. The van der Waals surface area contributed by atoms with E-state index in [1.165, 1.54) is 12.1 Å². The van der Waals surface area contributed by atoms with E-state index in [9.17, 15) is 13.5 Å². The highest BCUT2D eigenvalue weighted by molar-refractivity contribution is 7.89. The van der Waals surface area contributed by atoms with Crippen molar-refractivity contribution >= 4 is 38.9 Å². The Bertz CT molecular complexity index is 607. The highest BCUT2D eigenvalue weighted by Crippen LogP contribution is 2.33. The molecule has 0 radical (unpaired) electrons. The van der Waals surface area contributed by atoms with Crippen molar-refractivity contribution in [1.29, 1.82) is 0 Å². The van der Waals surface area contributed by atoms with Gasteiger partial charge in [-0.2, -0.15) is 0 Å². The predicted molar refractivity (Wildman–Crippen MR) is 81.1 cm³/mol. The van der Waals surface area contributed by atoms with Crippen LogP contribution in [0.4, 0.5) is 5.69 Å². The van der Waals surface area contributed by atoms with Crippen molar-refractivity contribution in [3.8, 4) is 0 Å². The molecule has 0 amide bonds. The largest absolute Gasteiger partial charge is 0.398 e. The molecule has 0 bridgehead atoms. The van der Waals surface area contributed by atoms with Gasteiger partial charge in [-0.25, -0.2) is 13.1 Å². The van der Waals surface area contributed by atoms with Crippen LogP contribution in [-0.2, 0) is 14.8 Å². The van der Waals surface area contributed by atoms with Crippen LogP contribution in [0.3, 0.4) is 0 Å². The Labute approximate surface area is 133 Å². The molecular weight excluding hydrogens is 339 g/mol. The van der Waals surface area contributed by atoms with Crippen LogP contribution < -0.4 is 10.5 Å². The zero-order chi connectivity index (χ0) is 15.7. The average molecular weight is 355 g/mol. The number of sulfonamides is 1. The van der Waals surface area contributed by atoms with Crippen LogP contribution in [0.25, 0.3) is 0 Å². The third-order valence-electron chi connectivity index (χ3n) is 3.41. The van der Waals surface area contributed by atoms with E-state index in [-0.39, 0.29) is 27.2 Å². The molecule has 1 aliphatic heterocycles. The Hall–Kier alpha value is -0.570. The molecule has 21 heavy (non-hydrogen) atoms. The zero-order valence-electron chi connectivity index (χ0n) is 11.1. The number of halogens is 2. The van der Waals surface area contributed by atoms with Gasteiger partial charge in [0, 0.05) is 18.2 Å². The van der Waals surface area contributed by atoms with E-state index in [0.29, 0.717) is 26.1 Å². The molecule has 0 aromatic heterocycles. The van der Waals surface area contributed by atoms with Gasteiger partial charge in [-0.1, -0.05) is 23.2 Å². The molecule has 1 aromatic carbocycles. The number of hydrogen-bond donors (Lipinski definition) is 3. The van der Waals surface area contributed by atoms with Crippen molar-refractivity contribution in [2.75, 3.05) is 25.6 Å². The van der Waals surface area contributed by atoms with Crippen molar-refractivity contribution in [2.45, 2.75) is 23.3 Å². The molecule has 1 fully saturated rings. The molecule has 1 saturated heterocycles. The number of anilines is 1. The predicted octanol–water partition coefficient (Wildman–Crippen LogP) is 1.40. The Kier molecular flexibility index (Phi) is 5.02. The lowest BCUT2D eigenvalue weighted by molar-refractivity contribution is 0.0223. The topological polar surface area (TPSA) is 102 Å². The maximum Gasteiger partial charge on any atom is 0.244 e. The quantitative estimate of drug-likeness (QED) is 0.709. The molecule has 2 rings (SSSR count). The number of benzene rings is 1. The van der Waals surface area contributed by atoms with E-state index in [4.69, 9.17) is 33.7 Å². The molecule has 118 valence electrons. The van der Waals surface area contributed by atoms with Crippen LogP contribution in [0.1, 0.15) is 12.8 Å². The van der Waals surface area contributed by atoms with Gasteiger partial charge < -0.3 is 15.6 Å². The van der Waals surface area contributed by atoms with Crippen LogP contribution in [0, 0.1) is 0 Å². The fraction of sp³-hybridized carbons (Fsp3) is 0.500. The lowest BCUT2D eigenvalue weighted by atomic mass is 9.93. The first kappa shape index (κ1) is 16.8. The summed E-state index contributed by atoms with van der Waals surface area (Å²) in [7, 11) is -3.99. The summed E-state index contributed by atoms with van der Waals surface area (Å²) in [6.07, 6.45) is 0.738. The SMILES string of the molecule is Nc1cc(Cl)cc(Cl)c1S(=O)(=O)NC1(CO)CCOCC1. The summed E-state index contributed by atoms with van der Waals surface area (Å²) >= 11 is 11.7. The molecule has 0 spiro atoms. The first-order chi connectivity index (χ1) is 9.80. The van der Waals surface area contributed by atoms with Gasteiger partial charge in [-0.05, 0) is 25.0 Å². The molecule has 1 heterocycles. The lowest BCUT2D eigenvalue weighted by Crippen LogP contribution is -2.54. The van der Waals surface area contributed by atoms with Crippen molar-refractivity contribution < 1.29 is 18.3 Å². The minimum Gasteiger partial charge on any atom is -0.398 e. The molecule has 1 aromatic rings. The van der Waals surface area contributed by atoms with E-state index < -0.39 is 15.6 Å². The second-order valence-corrected chi connectivity index (χ2v) is 7.43. The molecule has 9 heteroatoms. The van der Waals surface area contributed by atoms with Crippen LogP contribution in [0.15, 0.2) is 17.0 Å². The molecule has 0 unspecified atom stereocenters. The summed E-state index contributed by atoms with van der Waals surface area (Å²) in [6, 6.07) is 2.63. The fourth-order valence-electron chi connectivity index (χ4n) is 2.25. The number of nitrogens with one attached hydrogen (secondary N) is 1. The highest BCUT2D eigenvalue weighted by atomic mass is 35.5. The summed E-state index contributed by atoms with van der Waals surface area (Å²) in [5, 5.41) is 9.75. The maximum absolute atomic E-state index is 12.5. The summed E-state index contributed by atoms with van der Waals surface area (Å²) in [5.74, 6) is 0. The number of rotatable bonds is 4. The Morgan fingerprint density at radius 3 is 2.48 bits per heavy atom. The van der Waals surface area contributed by atoms with E-state index in [0.717, 1.165) is 0 Å². The number of hydrogen-bond acceptors (Lipinski definition) is 5. The van der Waals surface area contributed by atoms with Gasteiger partial charge in [-0.3, -0.25) is 0 Å². The molecular formula is C12H16Cl2N2O4S. The third kappa shape index (κ3) is 3.61. The van der Waals surface area contributed by atoms with Crippen LogP contribution in [0.2, 0.25) is 10.0 Å². The maximum atomic E-state index is 12.5. The Morgan fingerprint density at radius 1 is 1.33 bits per heavy atom. The zero-order valence-corrected chi connectivity index (χ0v) is 13.4. The van der Waals surface area contributed by atoms with Crippen molar-refractivity contribution in [1.82, 2.24) is 4.72 Å². The van der Waals surface area contributed by atoms with E-state index in [2.05, 4.69) is 4.72 Å². The number of aliphatic hydroxyl groups excluding tert-OH is 1. The van der Waals surface area contributed by atoms with Crippen molar-refractivity contribution in [3.63, 3.8) is 0 Å². The molecule has 6 nitrogen and oxygen atoms in total. The summed E-state index contributed by atoms with van der Waals surface area (Å²) in [4.78, 5) is -0.229. The van der Waals surface area contributed by atoms with Crippen LogP contribution in [-0.4, -0.2) is 38.9 Å². The number of nitrogens with two attached hydrogens (primary N) is 1. The molecule has 0 atom stereocenters.